The molecule has 3 nitrogen and oxygen atoms in total. The summed E-state index contributed by atoms with van der Waals surface area (Å²) < 4.78 is 4.50. The number of hydrogen-bond donors (Lipinski definition) is 0. The maximum atomic E-state index is 7.26. The Balaban J connectivity index is 0.000000105. The van der Waals surface area contributed by atoms with Crippen LogP contribution in [0.5, 0.6) is 0 Å². The molecular weight excluding hydrogens is 92.1 g/mol. The van der Waals surface area contributed by atoms with E-state index in [9.17, 15) is 0 Å². The molecule has 0 aromatic heterocycles. The molecule has 1 aliphatic rings. The molecule has 0 unspecified atom stereocenters. The van der Waals surface area contributed by atoms with Gasteiger partial charge in [-0.05, 0) is 0 Å². The van der Waals surface area contributed by atoms with Crippen LogP contribution in [0.2, 0.25) is 0 Å². The SMILES string of the molecule is C1CO1.N#CC#N. The van der Waals surface area contributed by atoms with Crippen LogP contribution in [0.3, 0.4) is 0 Å². The molecule has 1 fully saturated rings. The van der Waals surface area contributed by atoms with Crippen molar-refractivity contribution in [2.75, 3.05) is 13.2 Å². The van der Waals surface area contributed by atoms with Gasteiger partial charge in [-0.15, -0.1) is 0 Å². The van der Waals surface area contributed by atoms with Gasteiger partial charge >= 0.3 is 0 Å². The highest BCUT2D eigenvalue weighted by Crippen LogP contribution is 1.84. The van der Waals surface area contributed by atoms with Gasteiger partial charge in [0.15, 0.2) is 12.1 Å². The summed E-state index contributed by atoms with van der Waals surface area (Å²) in [6.07, 6.45) is 0. The summed E-state index contributed by atoms with van der Waals surface area (Å²) >= 11 is 0. The van der Waals surface area contributed by atoms with Crippen molar-refractivity contribution in [3.05, 3.63) is 0 Å². The number of nitriles is 2. The zero-order chi connectivity index (χ0) is 5.54. The largest absolute Gasteiger partial charge is 0.377 e. The Morgan fingerprint density at radius 1 is 1.14 bits per heavy atom. The first kappa shape index (κ1) is 5.94. The van der Waals surface area contributed by atoms with Gasteiger partial charge in [0.25, 0.3) is 0 Å². The van der Waals surface area contributed by atoms with E-state index < -0.39 is 0 Å². The Bertz CT molecular complexity index is 91.1. The molecular formula is C4H4N2O. The third-order valence-corrected chi connectivity index (χ3v) is 0.254. The van der Waals surface area contributed by atoms with Crippen LogP contribution in [0, 0.1) is 22.7 Å². The Kier molecular flexibility index (Phi) is 4.19. The molecule has 0 saturated carbocycles. The van der Waals surface area contributed by atoms with E-state index in [-0.39, 0.29) is 0 Å². The first-order valence-electron chi connectivity index (χ1n) is 1.77. The van der Waals surface area contributed by atoms with Gasteiger partial charge in [0.05, 0.1) is 13.2 Å². The lowest BCUT2D eigenvalue weighted by atomic mass is 10.9. The first-order chi connectivity index (χ1) is 3.41. The molecule has 1 saturated heterocycles. The summed E-state index contributed by atoms with van der Waals surface area (Å²) in [4.78, 5) is 0. The van der Waals surface area contributed by atoms with E-state index in [2.05, 4.69) is 4.74 Å². The van der Waals surface area contributed by atoms with Gasteiger partial charge in [-0.2, -0.15) is 10.5 Å². The average molecular weight is 96.1 g/mol. The second-order valence-corrected chi connectivity index (χ2v) is 0.836. The lowest BCUT2D eigenvalue weighted by Crippen LogP contribution is -1.26. The second kappa shape index (κ2) is 4.94. The van der Waals surface area contributed by atoms with Crippen LogP contribution in [-0.4, -0.2) is 13.2 Å². The molecule has 1 aliphatic heterocycles. The summed E-state index contributed by atoms with van der Waals surface area (Å²) in [7, 11) is 0. The quantitative estimate of drug-likeness (QED) is 0.400. The maximum absolute atomic E-state index is 7.26. The second-order valence-electron chi connectivity index (χ2n) is 0.836. The maximum Gasteiger partial charge on any atom is 0.181 e. The normalized spacial score (nSPS) is 11.7. The van der Waals surface area contributed by atoms with Crippen molar-refractivity contribution in [1.82, 2.24) is 0 Å². The number of ether oxygens (including phenoxy) is 1. The molecule has 0 amide bonds. The third kappa shape index (κ3) is 48.3. The van der Waals surface area contributed by atoms with Gasteiger partial charge < -0.3 is 4.74 Å². The predicted octanol–water partition coefficient (Wildman–Crippen LogP) is 0.0502. The highest BCUT2D eigenvalue weighted by molar-refractivity contribution is 4.99. The van der Waals surface area contributed by atoms with Crippen molar-refractivity contribution >= 4 is 0 Å². The van der Waals surface area contributed by atoms with Gasteiger partial charge in [0.1, 0.15) is 0 Å². The summed E-state index contributed by atoms with van der Waals surface area (Å²) in [5.74, 6) is 0. The van der Waals surface area contributed by atoms with Crippen LogP contribution in [0.1, 0.15) is 0 Å². The number of rotatable bonds is 0. The summed E-state index contributed by atoms with van der Waals surface area (Å²) in [6.45, 7) is 2.00. The lowest BCUT2D eigenvalue weighted by Gasteiger charge is -1.24. The molecule has 0 N–H and O–H groups in total. The zero-order valence-corrected chi connectivity index (χ0v) is 3.72. The Morgan fingerprint density at radius 3 is 1.43 bits per heavy atom. The van der Waals surface area contributed by atoms with E-state index in [0.29, 0.717) is 0 Å². The van der Waals surface area contributed by atoms with Gasteiger partial charge in [0, 0.05) is 0 Å². The molecule has 1 rings (SSSR count). The minimum atomic E-state index is 1.00. The monoisotopic (exact) mass is 96.0 g/mol. The van der Waals surface area contributed by atoms with E-state index in [4.69, 9.17) is 10.5 Å². The minimum Gasteiger partial charge on any atom is -0.377 e. The van der Waals surface area contributed by atoms with Crippen molar-refractivity contribution in [3.8, 4) is 12.1 Å². The fourth-order valence-electron chi connectivity index (χ4n) is 0. The Labute approximate surface area is 41.7 Å². The zero-order valence-electron chi connectivity index (χ0n) is 3.72. The van der Waals surface area contributed by atoms with Crippen molar-refractivity contribution in [2.24, 2.45) is 0 Å². The molecule has 3 heteroatoms. The van der Waals surface area contributed by atoms with Crippen LogP contribution in [0.4, 0.5) is 0 Å². The average Bonchev–Trinajstić information content (AvgIpc) is 2.47. The topological polar surface area (TPSA) is 60.1 Å². The van der Waals surface area contributed by atoms with E-state index in [1.54, 1.807) is 0 Å². The highest BCUT2D eigenvalue weighted by atomic mass is 16.6. The van der Waals surface area contributed by atoms with Gasteiger partial charge in [0.2, 0.25) is 0 Å². The molecule has 0 radical (unpaired) electrons. The Morgan fingerprint density at radius 2 is 1.43 bits per heavy atom. The fraction of sp³-hybridized carbons (Fsp3) is 0.500. The van der Waals surface area contributed by atoms with E-state index in [0.717, 1.165) is 13.2 Å². The van der Waals surface area contributed by atoms with Crippen molar-refractivity contribution in [2.45, 2.75) is 0 Å². The molecule has 0 bridgehead atoms. The first-order valence-corrected chi connectivity index (χ1v) is 1.77. The molecule has 0 spiro atoms. The van der Waals surface area contributed by atoms with Crippen molar-refractivity contribution < 1.29 is 4.74 Å². The standard InChI is InChI=1S/C2N2.C2H4O/c3-1-2-4;1-2-3-1/h;1-2H2. The molecule has 0 atom stereocenters. The highest BCUT2D eigenvalue weighted by Gasteiger charge is 1.94. The molecule has 1 heterocycles. The lowest BCUT2D eigenvalue weighted by molar-refractivity contribution is 0.475. The van der Waals surface area contributed by atoms with Crippen LogP contribution in [0.25, 0.3) is 0 Å². The number of nitrogens with zero attached hydrogens (tertiary/aromatic N) is 2. The fourth-order valence-corrected chi connectivity index (χ4v) is 0. The van der Waals surface area contributed by atoms with Gasteiger partial charge in [-0.1, -0.05) is 0 Å². The smallest absolute Gasteiger partial charge is 0.181 e. The predicted molar refractivity (Wildman–Crippen MR) is 22.0 cm³/mol. The van der Waals surface area contributed by atoms with Crippen LogP contribution >= 0.6 is 0 Å². The summed E-state index contributed by atoms with van der Waals surface area (Å²) in [6, 6.07) is 2.47. The van der Waals surface area contributed by atoms with E-state index in [1.807, 2.05) is 0 Å². The third-order valence-electron chi connectivity index (χ3n) is 0.254. The van der Waals surface area contributed by atoms with E-state index >= 15 is 0 Å². The number of epoxide rings is 1. The summed E-state index contributed by atoms with van der Waals surface area (Å²) in [5, 5.41) is 14.5. The molecule has 0 aromatic carbocycles. The van der Waals surface area contributed by atoms with Gasteiger partial charge in [-0.3, -0.25) is 0 Å². The van der Waals surface area contributed by atoms with E-state index in [1.165, 1.54) is 12.1 Å². The number of hydrogen-bond acceptors (Lipinski definition) is 3. The molecule has 36 valence electrons. The molecule has 0 aliphatic carbocycles. The van der Waals surface area contributed by atoms with Crippen molar-refractivity contribution in [3.63, 3.8) is 0 Å². The molecule has 7 heavy (non-hydrogen) atoms. The van der Waals surface area contributed by atoms with Crippen LogP contribution in [0.15, 0.2) is 0 Å². The van der Waals surface area contributed by atoms with Crippen LogP contribution < -0.4 is 0 Å². The van der Waals surface area contributed by atoms with Crippen molar-refractivity contribution in [1.29, 1.82) is 10.5 Å². The minimum absolute atomic E-state index is 1.00. The Hall–Kier alpha value is -1.06. The van der Waals surface area contributed by atoms with Crippen LogP contribution in [-0.2, 0) is 4.74 Å². The van der Waals surface area contributed by atoms with Gasteiger partial charge in [-0.25, -0.2) is 0 Å². The molecule has 0 aromatic rings. The summed E-state index contributed by atoms with van der Waals surface area (Å²) in [5.41, 5.74) is 0.